The molecule has 0 rings (SSSR count). The van der Waals surface area contributed by atoms with Crippen molar-refractivity contribution in [3.8, 4) is 0 Å². The Labute approximate surface area is 256 Å². The van der Waals surface area contributed by atoms with Crippen molar-refractivity contribution in [1.29, 1.82) is 0 Å². The van der Waals surface area contributed by atoms with E-state index in [1.54, 1.807) is 13.8 Å². The van der Waals surface area contributed by atoms with E-state index in [0.717, 1.165) is 0 Å². The Morgan fingerprint density at radius 3 is 0.841 bits per heavy atom. The predicted octanol–water partition coefficient (Wildman–Crippen LogP) is 4.15. The second kappa shape index (κ2) is 22.8. The average molecular weight is 643 g/mol. The molecule has 0 aliphatic heterocycles. The summed E-state index contributed by atoms with van der Waals surface area (Å²) in [6, 6.07) is 0. The van der Waals surface area contributed by atoms with Crippen molar-refractivity contribution in [3.63, 3.8) is 0 Å². The summed E-state index contributed by atoms with van der Waals surface area (Å²) < 4.78 is 59.3. The summed E-state index contributed by atoms with van der Waals surface area (Å²) in [5, 5.41) is 0. The summed E-state index contributed by atoms with van der Waals surface area (Å²) in [6.07, 6.45) is -9.54. The molecule has 6 atom stereocenters. The molecule has 0 amide bonds. The molecule has 17 heteroatoms. The van der Waals surface area contributed by atoms with Crippen molar-refractivity contribution in [1.82, 2.24) is 0 Å². The second-order valence-corrected chi connectivity index (χ2v) is 9.88. The van der Waals surface area contributed by atoms with Gasteiger partial charge in [0.05, 0.1) is 18.8 Å². The van der Waals surface area contributed by atoms with E-state index < -0.39 is 61.3 Å². The van der Waals surface area contributed by atoms with Crippen molar-refractivity contribution >= 4 is 30.8 Å². The molecule has 0 bridgehead atoms. The molecular formula is C27H46O17. The van der Waals surface area contributed by atoms with Crippen LogP contribution in [0.25, 0.3) is 0 Å². The number of ether oxygens (including phenoxy) is 12. The van der Waals surface area contributed by atoms with Gasteiger partial charge in [-0.2, -0.15) is 0 Å². The van der Waals surface area contributed by atoms with E-state index in [1.165, 1.54) is 34.8 Å². The molecule has 6 unspecified atom stereocenters. The lowest BCUT2D eigenvalue weighted by molar-refractivity contribution is -0.0502. The van der Waals surface area contributed by atoms with Gasteiger partial charge >= 0.3 is 30.8 Å². The van der Waals surface area contributed by atoms with Crippen LogP contribution in [0.2, 0.25) is 0 Å². The molecule has 44 heavy (non-hydrogen) atoms. The van der Waals surface area contributed by atoms with E-state index in [4.69, 9.17) is 56.8 Å². The fraction of sp³-hybridized carbons (Fsp3) is 0.815. The number of carbonyl (C=O) groups is 5. The first-order valence-corrected chi connectivity index (χ1v) is 13.9. The lowest BCUT2D eigenvalue weighted by Gasteiger charge is -2.18. The van der Waals surface area contributed by atoms with E-state index >= 15 is 0 Å². The Hall–Kier alpha value is -3.73. The van der Waals surface area contributed by atoms with Gasteiger partial charge in [0.2, 0.25) is 0 Å². The number of hydrogen-bond donors (Lipinski definition) is 0. The van der Waals surface area contributed by atoms with Crippen LogP contribution in [0.4, 0.5) is 24.0 Å². The standard InChI is InChI=1S/C27H46O17/c1-16(2)34-11-18(4)40-24(29)36-13-20(6)42-26(31)38-15-22(8)44-27(32)39-14-21(7)43-25(30)37-12-19(5)41-23(28)35-10-17(3)33-9/h16-22H,10-15H2,1-9H3. The minimum Gasteiger partial charge on any atom is -0.432 e. The lowest BCUT2D eigenvalue weighted by atomic mass is 10.4. The van der Waals surface area contributed by atoms with Crippen LogP contribution >= 0.6 is 0 Å². The molecule has 0 fully saturated rings. The van der Waals surface area contributed by atoms with Gasteiger partial charge in [-0.25, -0.2) is 24.0 Å². The van der Waals surface area contributed by atoms with Crippen molar-refractivity contribution in [3.05, 3.63) is 0 Å². The maximum atomic E-state index is 11.9. The summed E-state index contributed by atoms with van der Waals surface area (Å²) in [4.78, 5) is 58.8. The number of hydrogen-bond acceptors (Lipinski definition) is 17. The first-order valence-electron chi connectivity index (χ1n) is 13.9. The van der Waals surface area contributed by atoms with Gasteiger partial charge in [0, 0.05) is 7.11 Å². The molecular weight excluding hydrogens is 596 g/mol. The minimum absolute atomic E-state index is 0.00527. The van der Waals surface area contributed by atoms with Crippen molar-refractivity contribution in [2.24, 2.45) is 0 Å². The van der Waals surface area contributed by atoms with Crippen LogP contribution in [0.1, 0.15) is 55.4 Å². The van der Waals surface area contributed by atoms with Crippen molar-refractivity contribution in [2.75, 3.05) is 46.8 Å². The van der Waals surface area contributed by atoms with Crippen LogP contribution in [-0.2, 0) is 56.8 Å². The molecule has 0 aliphatic carbocycles. The van der Waals surface area contributed by atoms with Crippen LogP contribution in [0.3, 0.4) is 0 Å². The molecule has 0 aliphatic rings. The van der Waals surface area contributed by atoms with E-state index in [9.17, 15) is 24.0 Å². The zero-order chi connectivity index (χ0) is 33.7. The molecule has 0 saturated carbocycles. The summed E-state index contributed by atoms with van der Waals surface area (Å²) in [7, 11) is 1.46. The van der Waals surface area contributed by atoms with Crippen molar-refractivity contribution < 1.29 is 80.8 Å². The zero-order valence-corrected chi connectivity index (χ0v) is 26.7. The molecule has 0 radical (unpaired) electrons. The molecule has 0 N–H and O–H groups in total. The lowest BCUT2D eigenvalue weighted by Crippen LogP contribution is -2.29. The van der Waals surface area contributed by atoms with Crippen molar-refractivity contribution in [2.45, 2.75) is 98.1 Å². The fourth-order valence-electron chi connectivity index (χ4n) is 2.48. The maximum Gasteiger partial charge on any atom is 0.508 e. The first-order chi connectivity index (χ1) is 20.6. The van der Waals surface area contributed by atoms with Crippen LogP contribution < -0.4 is 0 Å². The van der Waals surface area contributed by atoms with Gasteiger partial charge in [-0.05, 0) is 55.4 Å². The zero-order valence-electron chi connectivity index (χ0n) is 26.7. The fourth-order valence-corrected chi connectivity index (χ4v) is 2.48. The third-order valence-electron chi connectivity index (χ3n) is 4.73. The monoisotopic (exact) mass is 642 g/mol. The normalized spacial score (nSPS) is 14.9. The maximum absolute atomic E-state index is 11.9. The number of rotatable bonds is 19. The molecule has 0 aromatic rings. The van der Waals surface area contributed by atoms with Crippen LogP contribution in [-0.4, -0.2) is 120 Å². The highest BCUT2D eigenvalue weighted by atomic mass is 16.8. The molecule has 0 heterocycles. The first kappa shape index (κ1) is 40.3. The Bertz CT molecular complexity index is 863. The topological polar surface area (TPSA) is 196 Å². The van der Waals surface area contributed by atoms with Crippen LogP contribution in [0, 0.1) is 0 Å². The third kappa shape index (κ3) is 22.8. The predicted molar refractivity (Wildman–Crippen MR) is 147 cm³/mol. The Morgan fingerprint density at radius 2 is 0.614 bits per heavy atom. The van der Waals surface area contributed by atoms with Gasteiger partial charge in [-0.1, -0.05) is 0 Å². The van der Waals surface area contributed by atoms with E-state index in [2.05, 4.69) is 0 Å². The Morgan fingerprint density at radius 1 is 0.386 bits per heavy atom. The number of methoxy groups -OCH3 is 1. The molecule has 256 valence electrons. The SMILES string of the molecule is COC(C)COC(=O)OC(C)COC(=O)OC(C)COC(=O)OC(C)COC(=O)OC(C)COC(=O)OC(C)COC(C)C. The highest BCUT2D eigenvalue weighted by molar-refractivity contribution is 5.62. The van der Waals surface area contributed by atoms with Crippen LogP contribution in [0.5, 0.6) is 0 Å². The van der Waals surface area contributed by atoms with Gasteiger partial charge in [-0.3, -0.25) is 0 Å². The third-order valence-corrected chi connectivity index (χ3v) is 4.73. The van der Waals surface area contributed by atoms with E-state index in [-0.39, 0.29) is 51.8 Å². The van der Waals surface area contributed by atoms with E-state index in [0.29, 0.717) is 0 Å². The highest BCUT2D eigenvalue weighted by Gasteiger charge is 2.20. The quantitative estimate of drug-likeness (QED) is 0.144. The Kier molecular flexibility index (Phi) is 20.8. The summed E-state index contributed by atoms with van der Waals surface area (Å²) in [5.41, 5.74) is 0. The molecule has 0 spiro atoms. The number of carbonyl (C=O) groups excluding carboxylic acids is 5. The molecule has 0 saturated heterocycles. The van der Waals surface area contributed by atoms with Gasteiger partial charge in [0.1, 0.15) is 63.6 Å². The summed E-state index contributed by atoms with van der Waals surface area (Å²) in [5.74, 6) is 0. The average Bonchev–Trinajstić information content (AvgIpc) is 2.94. The van der Waals surface area contributed by atoms with Gasteiger partial charge in [0.25, 0.3) is 0 Å². The summed E-state index contributed by atoms with van der Waals surface area (Å²) >= 11 is 0. The largest absolute Gasteiger partial charge is 0.508 e. The second-order valence-electron chi connectivity index (χ2n) is 9.88. The summed E-state index contributed by atoms with van der Waals surface area (Å²) in [6.45, 7) is 11.7. The molecule has 0 aromatic heterocycles. The highest BCUT2D eigenvalue weighted by Crippen LogP contribution is 2.05. The minimum atomic E-state index is -1.12. The van der Waals surface area contributed by atoms with Gasteiger partial charge in [0.15, 0.2) is 0 Å². The smallest absolute Gasteiger partial charge is 0.432 e. The molecule has 17 nitrogen and oxygen atoms in total. The van der Waals surface area contributed by atoms with Crippen LogP contribution in [0.15, 0.2) is 0 Å². The van der Waals surface area contributed by atoms with Gasteiger partial charge in [-0.15, -0.1) is 0 Å². The Balaban J connectivity index is 4.10. The van der Waals surface area contributed by atoms with E-state index in [1.807, 2.05) is 13.8 Å². The molecule has 0 aromatic carbocycles. The van der Waals surface area contributed by atoms with Gasteiger partial charge < -0.3 is 56.8 Å².